The highest BCUT2D eigenvalue weighted by molar-refractivity contribution is 7.16. The zero-order valence-corrected chi connectivity index (χ0v) is 19.6. The van der Waals surface area contributed by atoms with Crippen molar-refractivity contribution in [3.05, 3.63) is 37.5 Å². The lowest BCUT2D eigenvalue weighted by Gasteiger charge is -2.33. The number of nitriles is 1. The maximum Gasteiger partial charge on any atom is 0.312 e. The van der Waals surface area contributed by atoms with E-state index in [1.165, 1.54) is 16.2 Å². The second-order valence-electron chi connectivity index (χ2n) is 9.28. The van der Waals surface area contributed by atoms with Crippen LogP contribution in [0.25, 0.3) is 0 Å². The third kappa shape index (κ3) is 4.79. The molecule has 0 saturated heterocycles. The number of nitrogens with zero attached hydrogens (tertiary/aromatic N) is 4. The maximum absolute atomic E-state index is 12.5. The summed E-state index contributed by atoms with van der Waals surface area (Å²) in [6, 6.07) is 2.29. The van der Waals surface area contributed by atoms with Crippen molar-refractivity contribution in [3.63, 3.8) is 0 Å². The molecule has 3 rings (SSSR count). The van der Waals surface area contributed by atoms with E-state index in [4.69, 9.17) is 0 Å². The molecular weight excluding hydrogens is 414 g/mol. The van der Waals surface area contributed by atoms with Crippen LogP contribution in [0.3, 0.4) is 0 Å². The number of anilines is 1. The monoisotopic (exact) mass is 443 g/mol. The fraction of sp³-hybridized carbons (Fsp3) is 0.591. The molecule has 31 heavy (non-hydrogen) atoms. The summed E-state index contributed by atoms with van der Waals surface area (Å²) < 4.78 is 1.58. The van der Waals surface area contributed by atoms with Gasteiger partial charge in [0.25, 0.3) is 0 Å². The summed E-state index contributed by atoms with van der Waals surface area (Å²) in [5.74, 6) is 0.414. The van der Waals surface area contributed by atoms with Crippen molar-refractivity contribution in [1.29, 1.82) is 5.26 Å². The van der Waals surface area contributed by atoms with E-state index in [1.807, 2.05) is 0 Å². The van der Waals surface area contributed by atoms with Crippen LogP contribution in [0.1, 0.15) is 67.4 Å². The van der Waals surface area contributed by atoms with E-state index in [0.29, 0.717) is 40.8 Å². The molecule has 2 aromatic rings. The summed E-state index contributed by atoms with van der Waals surface area (Å²) in [7, 11) is 0. The predicted molar refractivity (Wildman–Crippen MR) is 120 cm³/mol. The average molecular weight is 444 g/mol. The fourth-order valence-corrected chi connectivity index (χ4v) is 5.57. The fourth-order valence-electron chi connectivity index (χ4n) is 4.28. The normalized spacial score (nSPS) is 15.9. The van der Waals surface area contributed by atoms with Crippen molar-refractivity contribution in [1.82, 2.24) is 9.78 Å². The molecule has 8 nitrogen and oxygen atoms in total. The highest BCUT2D eigenvalue weighted by Gasteiger charge is 2.32. The van der Waals surface area contributed by atoms with Crippen LogP contribution >= 0.6 is 11.3 Å². The number of nitro groups is 1. The number of hydrogen-bond acceptors (Lipinski definition) is 6. The Balaban J connectivity index is 1.63. The van der Waals surface area contributed by atoms with Gasteiger partial charge < -0.3 is 5.32 Å². The van der Waals surface area contributed by atoms with Crippen LogP contribution in [0.15, 0.2) is 0 Å². The summed E-state index contributed by atoms with van der Waals surface area (Å²) in [4.78, 5) is 24.4. The van der Waals surface area contributed by atoms with Crippen LogP contribution < -0.4 is 5.32 Å². The van der Waals surface area contributed by atoms with Gasteiger partial charge in [-0.2, -0.15) is 10.4 Å². The number of hydrogen-bond donors (Lipinski definition) is 1. The van der Waals surface area contributed by atoms with E-state index in [-0.39, 0.29) is 23.4 Å². The van der Waals surface area contributed by atoms with Gasteiger partial charge in [-0.15, -0.1) is 11.3 Å². The molecule has 0 bridgehead atoms. The number of rotatable bonds is 6. The molecule has 2 aromatic heterocycles. The summed E-state index contributed by atoms with van der Waals surface area (Å²) >= 11 is 1.53. The average Bonchev–Trinajstić information content (AvgIpc) is 3.16. The van der Waals surface area contributed by atoms with Gasteiger partial charge in [0, 0.05) is 17.8 Å². The lowest BCUT2D eigenvalue weighted by atomic mass is 9.72. The van der Waals surface area contributed by atoms with Gasteiger partial charge in [0.05, 0.1) is 10.5 Å². The third-order valence-electron chi connectivity index (χ3n) is 6.15. The Bertz CT molecular complexity index is 1050. The number of carbonyl (C=O) groups is 1. The van der Waals surface area contributed by atoms with E-state index < -0.39 is 4.92 Å². The van der Waals surface area contributed by atoms with Crippen LogP contribution in [-0.4, -0.2) is 20.6 Å². The van der Waals surface area contributed by atoms with Crippen LogP contribution in [-0.2, 0) is 24.2 Å². The largest absolute Gasteiger partial charge is 0.317 e. The SMILES string of the molecule is Cc1nn(CCCC(=O)Nc2sc3c(c2C#N)CC[C@H](C(C)(C)C)C3)c(C)c1[N+](=O)[O-]. The van der Waals surface area contributed by atoms with Gasteiger partial charge in [-0.3, -0.25) is 19.6 Å². The number of aryl methyl sites for hydroxylation is 2. The van der Waals surface area contributed by atoms with Crippen molar-refractivity contribution in [3.8, 4) is 6.07 Å². The Morgan fingerprint density at radius 3 is 2.71 bits per heavy atom. The van der Waals surface area contributed by atoms with Crippen molar-refractivity contribution in [2.24, 2.45) is 11.3 Å². The molecule has 0 fully saturated rings. The van der Waals surface area contributed by atoms with Crippen LogP contribution in [0.5, 0.6) is 0 Å². The molecule has 166 valence electrons. The summed E-state index contributed by atoms with van der Waals surface area (Å²) in [6.07, 6.45) is 3.65. The number of carbonyl (C=O) groups excluding carboxylic acids is 1. The van der Waals surface area contributed by atoms with Crippen LogP contribution in [0.4, 0.5) is 10.7 Å². The molecule has 1 amide bonds. The lowest BCUT2D eigenvalue weighted by Crippen LogP contribution is -2.26. The van der Waals surface area contributed by atoms with Crippen molar-refractivity contribution in [2.75, 3.05) is 5.32 Å². The first kappa shape index (κ1) is 22.9. The lowest BCUT2D eigenvalue weighted by molar-refractivity contribution is -0.386. The van der Waals surface area contributed by atoms with Crippen molar-refractivity contribution in [2.45, 2.75) is 73.3 Å². The zero-order valence-electron chi connectivity index (χ0n) is 18.7. The molecule has 1 N–H and O–H groups in total. The number of amides is 1. The molecule has 2 heterocycles. The van der Waals surface area contributed by atoms with E-state index in [9.17, 15) is 20.2 Å². The van der Waals surface area contributed by atoms with Gasteiger partial charge in [0.15, 0.2) is 0 Å². The quantitative estimate of drug-likeness (QED) is 0.503. The molecule has 0 aliphatic heterocycles. The van der Waals surface area contributed by atoms with E-state index in [0.717, 1.165) is 24.8 Å². The molecule has 0 saturated carbocycles. The minimum Gasteiger partial charge on any atom is -0.317 e. The molecule has 1 atom stereocenters. The second-order valence-corrected chi connectivity index (χ2v) is 10.4. The first-order chi connectivity index (χ1) is 14.5. The minimum atomic E-state index is -0.424. The Kier molecular flexibility index (Phi) is 6.51. The van der Waals surface area contributed by atoms with E-state index in [2.05, 4.69) is 37.3 Å². The first-order valence-electron chi connectivity index (χ1n) is 10.6. The topological polar surface area (TPSA) is 114 Å². The van der Waals surface area contributed by atoms with Gasteiger partial charge >= 0.3 is 5.69 Å². The molecule has 1 aliphatic carbocycles. The van der Waals surface area contributed by atoms with Gasteiger partial charge in [0.2, 0.25) is 5.91 Å². The maximum atomic E-state index is 12.5. The molecular formula is C22H29N5O3S. The number of thiophene rings is 1. The smallest absolute Gasteiger partial charge is 0.312 e. The Hall–Kier alpha value is -2.73. The second kappa shape index (κ2) is 8.79. The van der Waals surface area contributed by atoms with Crippen molar-refractivity contribution >= 4 is 27.9 Å². The number of nitrogens with one attached hydrogen (secondary N) is 1. The molecule has 0 spiro atoms. The van der Waals surface area contributed by atoms with Crippen LogP contribution in [0, 0.1) is 46.6 Å². The van der Waals surface area contributed by atoms with Crippen molar-refractivity contribution < 1.29 is 9.72 Å². The number of fused-ring (bicyclic) bond motifs is 1. The van der Waals surface area contributed by atoms with Gasteiger partial charge in [-0.05, 0) is 56.4 Å². The van der Waals surface area contributed by atoms with E-state index >= 15 is 0 Å². The Morgan fingerprint density at radius 2 is 2.13 bits per heavy atom. The van der Waals surface area contributed by atoms with Gasteiger partial charge in [-0.25, -0.2) is 0 Å². The minimum absolute atomic E-state index is 0.0286. The van der Waals surface area contributed by atoms with Gasteiger partial charge in [-0.1, -0.05) is 20.8 Å². The molecule has 9 heteroatoms. The van der Waals surface area contributed by atoms with E-state index in [1.54, 1.807) is 18.5 Å². The summed E-state index contributed by atoms with van der Waals surface area (Å²) in [5.41, 5.74) is 2.82. The first-order valence-corrected chi connectivity index (χ1v) is 11.4. The standard InChI is InChI=1S/C22H29N5O3S/c1-13-20(27(29)30)14(2)26(25-13)10-6-7-19(28)24-21-17(12-23)16-9-8-15(22(3,4)5)11-18(16)31-21/h15H,6-11H2,1-5H3,(H,24,28)/t15-/m0/s1. The zero-order chi connectivity index (χ0) is 22.9. The third-order valence-corrected chi connectivity index (χ3v) is 7.32. The Labute approximate surface area is 186 Å². The molecule has 1 aliphatic rings. The molecule has 0 aromatic carbocycles. The highest BCUT2D eigenvalue weighted by Crippen LogP contribution is 2.44. The van der Waals surface area contributed by atoms with Crippen LogP contribution in [0.2, 0.25) is 0 Å². The Morgan fingerprint density at radius 1 is 1.42 bits per heavy atom. The summed E-state index contributed by atoms with van der Waals surface area (Å²) in [6.45, 7) is 10.5. The van der Waals surface area contributed by atoms with Gasteiger partial charge in [0.1, 0.15) is 22.5 Å². The predicted octanol–water partition coefficient (Wildman–Crippen LogP) is 4.91. The molecule has 0 radical (unpaired) electrons. The summed E-state index contributed by atoms with van der Waals surface area (Å²) in [5, 5.41) is 28.6. The highest BCUT2D eigenvalue weighted by atomic mass is 32.1. The number of aromatic nitrogens is 2. The molecule has 0 unspecified atom stereocenters.